The van der Waals surface area contributed by atoms with Crippen LogP contribution < -0.4 is 10.6 Å². The van der Waals surface area contributed by atoms with Crippen molar-refractivity contribution in [3.8, 4) is 0 Å². The zero-order valence-corrected chi connectivity index (χ0v) is 16.5. The summed E-state index contributed by atoms with van der Waals surface area (Å²) in [5.74, 6) is -0.299. The monoisotopic (exact) mass is 430 g/mol. The molecule has 2 heterocycles. The van der Waals surface area contributed by atoms with E-state index in [-0.39, 0.29) is 11.8 Å². The number of thiophene rings is 1. The van der Waals surface area contributed by atoms with Crippen molar-refractivity contribution in [1.82, 2.24) is 10.2 Å². The van der Waals surface area contributed by atoms with Gasteiger partial charge >= 0.3 is 0 Å². The van der Waals surface area contributed by atoms with Crippen LogP contribution in [0.25, 0.3) is 10.2 Å². The number of carbonyl (C=O) groups is 2. The first-order valence-corrected chi connectivity index (χ1v) is 9.69. The summed E-state index contributed by atoms with van der Waals surface area (Å²) in [6.07, 6.45) is 0. The summed E-state index contributed by atoms with van der Waals surface area (Å²) >= 11 is 13.2. The third-order valence-corrected chi connectivity index (χ3v) is 5.52. The number of halogens is 2. The first kappa shape index (κ1) is 18.5. The lowest BCUT2D eigenvalue weighted by molar-refractivity contribution is 0.102. The van der Waals surface area contributed by atoms with Crippen molar-refractivity contribution in [2.45, 2.75) is 0 Å². The molecule has 9 heteroatoms. The number of aromatic amines is 1. The molecule has 0 radical (unpaired) electrons. The number of carbonyl (C=O) groups excluding carboxylic acids is 2. The van der Waals surface area contributed by atoms with Crippen LogP contribution in [0.15, 0.2) is 54.6 Å². The number of hydrogen-bond donors (Lipinski definition) is 3. The Balaban J connectivity index is 1.56. The Morgan fingerprint density at radius 2 is 1.79 bits per heavy atom. The summed E-state index contributed by atoms with van der Waals surface area (Å²) in [5, 5.41) is 14.0. The maximum absolute atomic E-state index is 12.5. The van der Waals surface area contributed by atoms with Crippen molar-refractivity contribution in [3.63, 3.8) is 0 Å². The molecule has 0 aliphatic carbocycles. The second-order valence-electron chi connectivity index (χ2n) is 5.82. The van der Waals surface area contributed by atoms with Crippen molar-refractivity contribution in [2.75, 3.05) is 10.6 Å². The molecule has 0 fully saturated rings. The molecule has 0 aliphatic rings. The highest BCUT2D eigenvalue weighted by Gasteiger charge is 2.17. The standard InChI is InChI=1S/C19H12Cl2N4O2S/c20-11-5-3-4-10(8-11)17(26)23-16-12-9-15(28-19(12)25-24-16)18(27)22-14-7-2-1-6-13(14)21/h1-9H,(H,22,27)(H2,23,24,25,26). The van der Waals surface area contributed by atoms with E-state index in [1.54, 1.807) is 54.6 Å². The van der Waals surface area contributed by atoms with Crippen LogP contribution in [0.2, 0.25) is 10.0 Å². The fourth-order valence-corrected chi connectivity index (χ4v) is 3.85. The number of fused-ring (bicyclic) bond motifs is 1. The molecule has 4 aromatic rings. The number of hydrogen-bond acceptors (Lipinski definition) is 4. The number of anilines is 2. The SMILES string of the molecule is O=C(Nc1n[nH]c2sc(C(=O)Nc3ccccc3Cl)cc12)c1cccc(Cl)c1. The van der Waals surface area contributed by atoms with Crippen LogP contribution in [0, 0.1) is 0 Å². The number of H-pyrrole nitrogens is 1. The Hall–Kier alpha value is -2.87. The molecule has 28 heavy (non-hydrogen) atoms. The van der Waals surface area contributed by atoms with Gasteiger partial charge in [-0.15, -0.1) is 11.3 Å². The average molecular weight is 431 g/mol. The Morgan fingerprint density at radius 3 is 2.57 bits per heavy atom. The van der Waals surface area contributed by atoms with Gasteiger partial charge in [0.25, 0.3) is 11.8 Å². The van der Waals surface area contributed by atoms with Gasteiger partial charge < -0.3 is 10.6 Å². The third-order valence-electron chi connectivity index (χ3n) is 3.92. The van der Waals surface area contributed by atoms with E-state index in [0.29, 0.717) is 42.2 Å². The second kappa shape index (κ2) is 7.63. The lowest BCUT2D eigenvalue weighted by Gasteiger charge is -2.05. The zero-order chi connectivity index (χ0) is 19.7. The molecule has 0 unspecified atom stereocenters. The molecule has 140 valence electrons. The predicted octanol–water partition coefficient (Wildman–Crippen LogP) is 5.44. The number of para-hydroxylation sites is 1. The minimum absolute atomic E-state index is 0.296. The molecule has 4 rings (SSSR count). The molecule has 3 N–H and O–H groups in total. The zero-order valence-electron chi connectivity index (χ0n) is 14.1. The fourth-order valence-electron chi connectivity index (χ4n) is 2.58. The first-order chi connectivity index (χ1) is 13.5. The van der Waals surface area contributed by atoms with Gasteiger partial charge in [-0.1, -0.05) is 41.4 Å². The van der Waals surface area contributed by atoms with E-state index in [9.17, 15) is 9.59 Å². The van der Waals surface area contributed by atoms with Crippen molar-refractivity contribution in [2.24, 2.45) is 0 Å². The first-order valence-electron chi connectivity index (χ1n) is 8.12. The van der Waals surface area contributed by atoms with Gasteiger partial charge in [0.2, 0.25) is 0 Å². The minimum Gasteiger partial charge on any atom is -0.320 e. The number of amides is 2. The molecule has 0 spiro atoms. The Labute approximate surface area is 173 Å². The van der Waals surface area contributed by atoms with E-state index >= 15 is 0 Å². The van der Waals surface area contributed by atoms with Gasteiger partial charge in [0.1, 0.15) is 4.83 Å². The number of aromatic nitrogens is 2. The Morgan fingerprint density at radius 1 is 0.964 bits per heavy atom. The quantitative estimate of drug-likeness (QED) is 0.402. The van der Waals surface area contributed by atoms with Crippen molar-refractivity contribution in [3.05, 3.63) is 75.1 Å². The molecule has 0 saturated heterocycles. The third kappa shape index (κ3) is 3.73. The summed E-state index contributed by atoms with van der Waals surface area (Å²) in [5.41, 5.74) is 0.939. The summed E-state index contributed by atoms with van der Waals surface area (Å²) in [6.45, 7) is 0. The molecule has 0 atom stereocenters. The maximum Gasteiger partial charge on any atom is 0.265 e. The molecule has 2 aromatic carbocycles. The highest BCUT2D eigenvalue weighted by molar-refractivity contribution is 7.20. The van der Waals surface area contributed by atoms with E-state index < -0.39 is 0 Å². The normalized spacial score (nSPS) is 10.8. The topological polar surface area (TPSA) is 86.9 Å². The number of nitrogens with zero attached hydrogens (tertiary/aromatic N) is 1. The Kier molecular flexibility index (Phi) is 5.04. The van der Waals surface area contributed by atoms with Crippen LogP contribution in [0.3, 0.4) is 0 Å². The van der Waals surface area contributed by atoms with Gasteiger partial charge in [-0.25, -0.2) is 0 Å². The molecular formula is C19H12Cl2N4O2S. The minimum atomic E-state index is -0.343. The van der Waals surface area contributed by atoms with Gasteiger partial charge in [0.05, 0.1) is 21.0 Å². The predicted molar refractivity (Wildman–Crippen MR) is 113 cm³/mol. The van der Waals surface area contributed by atoms with Crippen LogP contribution in [-0.4, -0.2) is 22.0 Å². The van der Waals surface area contributed by atoms with Crippen LogP contribution >= 0.6 is 34.5 Å². The van der Waals surface area contributed by atoms with Crippen molar-refractivity contribution >= 4 is 68.1 Å². The molecule has 0 aliphatic heterocycles. The highest BCUT2D eigenvalue weighted by Crippen LogP contribution is 2.30. The lowest BCUT2D eigenvalue weighted by Crippen LogP contribution is -2.12. The van der Waals surface area contributed by atoms with Crippen molar-refractivity contribution < 1.29 is 9.59 Å². The summed E-state index contributed by atoms with van der Waals surface area (Å²) in [7, 11) is 0. The molecular weight excluding hydrogens is 419 g/mol. The van der Waals surface area contributed by atoms with Crippen LogP contribution in [-0.2, 0) is 0 Å². The van der Waals surface area contributed by atoms with Crippen LogP contribution in [0.1, 0.15) is 20.0 Å². The van der Waals surface area contributed by atoms with Gasteiger partial charge in [0.15, 0.2) is 5.82 Å². The lowest BCUT2D eigenvalue weighted by atomic mass is 10.2. The van der Waals surface area contributed by atoms with Gasteiger partial charge in [-0.3, -0.25) is 14.7 Å². The van der Waals surface area contributed by atoms with E-state index in [2.05, 4.69) is 20.8 Å². The fraction of sp³-hybridized carbons (Fsp3) is 0. The Bertz CT molecular complexity index is 1200. The maximum atomic E-state index is 12.5. The van der Waals surface area contributed by atoms with Gasteiger partial charge in [-0.2, -0.15) is 5.10 Å². The van der Waals surface area contributed by atoms with Gasteiger partial charge in [-0.05, 0) is 36.4 Å². The molecule has 0 saturated carbocycles. The van der Waals surface area contributed by atoms with E-state index in [4.69, 9.17) is 23.2 Å². The van der Waals surface area contributed by atoms with Crippen LogP contribution in [0.4, 0.5) is 11.5 Å². The second-order valence-corrected chi connectivity index (χ2v) is 7.72. The number of benzene rings is 2. The largest absolute Gasteiger partial charge is 0.320 e. The van der Waals surface area contributed by atoms with E-state index in [1.807, 2.05) is 0 Å². The molecule has 2 amide bonds. The van der Waals surface area contributed by atoms with Crippen LogP contribution in [0.5, 0.6) is 0 Å². The summed E-state index contributed by atoms with van der Waals surface area (Å²) < 4.78 is 0. The van der Waals surface area contributed by atoms with Gasteiger partial charge in [0, 0.05) is 10.6 Å². The summed E-state index contributed by atoms with van der Waals surface area (Å²) in [6, 6.07) is 15.3. The summed E-state index contributed by atoms with van der Waals surface area (Å²) in [4.78, 5) is 26.1. The molecule has 2 aromatic heterocycles. The number of nitrogens with one attached hydrogen (secondary N) is 3. The van der Waals surface area contributed by atoms with Crippen molar-refractivity contribution in [1.29, 1.82) is 0 Å². The average Bonchev–Trinajstić information content (AvgIpc) is 3.25. The highest BCUT2D eigenvalue weighted by atomic mass is 35.5. The number of rotatable bonds is 4. The smallest absolute Gasteiger partial charge is 0.265 e. The van der Waals surface area contributed by atoms with E-state index in [1.165, 1.54) is 11.3 Å². The van der Waals surface area contributed by atoms with E-state index in [0.717, 1.165) is 0 Å². The molecule has 6 nitrogen and oxygen atoms in total. The molecule has 0 bridgehead atoms.